The number of allylic oxidation sites excluding steroid dienone is 2. The zero-order valence-electron chi connectivity index (χ0n) is 11.2. The molecule has 0 bridgehead atoms. The number of hydrogen-bond donors (Lipinski definition) is 0. The quantitative estimate of drug-likeness (QED) is 0.551. The van der Waals surface area contributed by atoms with Crippen molar-refractivity contribution in [2.24, 2.45) is 9.98 Å². The number of hydrogen-bond acceptors (Lipinski definition) is 1. The van der Waals surface area contributed by atoms with E-state index in [0.717, 1.165) is 23.5 Å². The van der Waals surface area contributed by atoms with Gasteiger partial charge in [0.2, 0.25) is 0 Å². The smallest absolute Gasteiger partial charge is 0.154 e. The molecule has 0 unspecified atom stereocenters. The number of rotatable bonds is 2. The van der Waals surface area contributed by atoms with Gasteiger partial charge in [-0.15, -0.1) is 0 Å². The van der Waals surface area contributed by atoms with E-state index in [2.05, 4.69) is 23.0 Å². The van der Waals surface area contributed by atoms with Crippen LogP contribution >= 0.6 is 0 Å². The van der Waals surface area contributed by atoms with Crippen molar-refractivity contribution in [1.82, 2.24) is 0 Å². The molecular formula is C16H20N2. The Bertz CT molecular complexity index is 481. The zero-order valence-corrected chi connectivity index (χ0v) is 11.2. The van der Waals surface area contributed by atoms with Gasteiger partial charge in [-0.2, -0.15) is 0 Å². The van der Waals surface area contributed by atoms with Gasteiger partial charge in [-0.25, -0.2) is 4.99 Å². The van der Waals surface area contributed by atoms with Crippen LogP contribution in [0.25, 0.3) is 0 Å². The van der Waals surface area contributed by atoms with Crippen molar-refractivity contribution in [3.05, 3.63) is 47.5 Å². The van der Waals surface area contributed by atoms with Crippen LogP contribution in [0.3, 0.4) is 0 Å². The summed E-state index contributed by atoms with van der Waals surface area (Å²) >= 11 is 0. The maximum absolute atomic E-state index is 4.69. The summed E-state index contributed by atoms with van der Waals surface area (Å²) in [6, 6.07) is 10.1. The van der Waals surface area contributed by atoms with E-state index in [4.69, 9.17) is 0 Å². The third kappa shape index (κ3) is 3.16. The molecule has 1 aromatic carbocycles. The minimum Gasteiger partial charge on any atom is -0.270 e. The van der Waals surface area contributed by atoms with Gasteiger partial charge >= 0.3 is 0 Å². The molecular weight excluding hydrogens is 220 g/mol. The number of nitrogens with zero attached hydrogens (tertiary/aromatic N) is 2. The normalized spacial score (nSPS) is 17.6. The molecule has 0 spiro atoms. The maximum Gasteiger partial charge on any atom is 0.154 e. The highest BCUT2D eigenvalue weighted by molar-refractivity contribution is 6.11. The van der Waals surface area contributed by atoms with E-state index in [1.54, 1.807) is 7.05 Å². The molecule has 0 heterocycles. The molecule has 0 atom stereocenters. The van der Waals surface area contributed by atoms with Gasteiger partial charge in [0.1, 0.15) is 0 Å². The lowest BCUT2D eigenvalue weighted by Crippen LogP contribution is -2.06. The van der Waals surface area contributed by atoms with E-state index in [1.165, 1.54) is 24.8 Å². The SMILES string of the molecule is CN=C(N=C(C)C1=CCCCC1)c1ccccc1. The Hall–Kier alpha value is -1.70. The van der Waals surface area contributed by atoms with Gasteiger partial charge in [0.15, 0.2) is 5.84 Å². The summed E-state index contributed by atoms with van der Waals surface area (Å²) in [7, 11) is 1.80. The maximum atomic E-state index is 4.69. The molecule has 18 heavy (non-hydrogen) atoms. The van der Waals surface area contributed by atoms with Gasteiger partial charge in [-0.1, -0.05) is 36.4 Å². The molecule has 0 aromatic heterocycles. The van der Waals surface area contributed by atoms with Gasteiger partial charge in [0.05, 0.1) is 0 Å². The molecule has 1 aliphatic rings. The van der Waals surface area contributed by atoms with Crippen molar-refractivity contribution in [3.8, 4) is 0 Å². The average Bonchev–Trinajstić information content (AvgIpc) is 2.46. The third-order valence-corrected chi connectivity index (χ3v) is 3.27. The van der Waals surface area contributed by atoms with Gasteiger partial charge in [-0.3, -0.25) is 4.99 Å². The van der Waals surface area contributed by atoms with Crippen molar-refractivity contribution in [1.29, 1.82) is 0 Å². The molecule has 0 amide bonds. The average molecular weight is 240 g/mol. The molecule has 2 nitrogen and oxygen atoms in total. The van der Waals surface area contributed by atoms with Crippen molar-refractivity contribution < 1.29 is 0 Å². The molecule has 0 fully saturated rings. The second kappa shape index (κ2) is 6.29. The van der Waals surface area contributed by atoms with Crippen LogP contribution in [0.5, 0.6) is 0 Å². The molecule has 0 aliphatic heterocycles. The molecule has 0 radical (unpaired) electrons. The Labute approximate surface area is 109 Å². The van der Waals surface area contributed by atoms with Crippen molar-refractivity contribution in [2.45, 2.75) is 32.6 Å². The molecule has 94 valence electrons. The van der Waals surface area contributed by atoms with Gasteiger partial charge < -0.3 is 0 Å². The molecule has 2 heteroatoms. The summed E-state index contributed by atoms with van der Waals surface area (Å²) < 4.78 is 0. The fraction of sp³-hybridized carbons (Fsp3) is 0.375. The lowest BCUT2D eigenvalue weighted by Gasteiger charge is -2.12. The second-order valence-electron chi connectivity index (χ2n) is 4.59. The summed E-state index contributed by atoms with van der Waals surface area (Å²) in [6.45, 7) is 2.09. The Morgan fingerprint density at radius 2 is 1.89 bits per heavy atom. The second-order valence-corrected chi connectivity index (χ2v) is 4.59. The standard InChI is InChI=1S/C16H20N2/c1-13(14-9-5-3-6-10-14)18-16(17-2)15-11-7-4-8-12-15/h4,7-9,11-12H,3,5-6,10H2,1-2H3. The zero-order chi connectivity index (χ0) is 12.8. The Balaban J connectivity index is 2.22. The lowest BCUT2D eigenvalue weighted by molar-refractivity contribution is 0.717. The number of amidine groups is 1. The predicted molar refractivity (Wildman–Crippen MR) is 78.6 cm³/mol. The summed E-state index contributed by atoms with van der Waals surface area (Å²) in [5.41, 5.74) is 3.58. The van der Waals surface area contributed by atoms with Gasteiger partial charge in [0.25, 0.3) is 0 Å². The summed E-state index contributed by atoms with van der Waals surface area (Å²) in [5.74, 6) is 0.819. The predicted octanol–water partition coefficient (Wildman–Crippen LogP) is 4.02. The van der Waals surface area contributed by atoms with Crippen LogP contribution in [0.2, 0.25) is 0 Å². The monoisotopic (exact) mass is 240 g/mol. The van der Waals surface area contributed by atoms with E-state index >= 15 is 0 Å². The molecule has 2 rings (SSSR count). The molecule has 1 aliphatic carbocycles. The first-order valence-corrected chi connectivity index (χ1v) is 6.58. The minimum atomic E-state index is 0.819. The van der Waals surface area contributed by atoms with Crippen LogP contribution < -0.4 is 0 Å². The van der Waals surface area contributed by atoms with E-state index in [9.17, 15) is 0 Å². The highest BCUT2D eigenvalue weighted by Crippen LogP contribution is 2.19. The van der Waals surface area contributed by atoms with Crippen molar-refractivity contribution in [2.75, 3.05) is 7.05 Å². The van der Waals surface area contributed by atoms with Crippen LogP contribution in [-0.4, -0.2) is 18.6 Å². The van der Waals surface area contributed by atoms with E-state index < -0.39 is 0 Å². The summed E-state index contributed by atoms with van der Waals surface area (Å²) in [6.07, 6.45) is 7.25. The van der Waals surface area contributed by atoms with Crippen LogP contribution in [0.4, 0.5) is 0 Å². The fourth-order valence-electron chi connectivity index (χ4n) is 2.23. The van der Waals surface area contributed by atoms with Crippen molar-refractivity contribution >= 4 is 11.5 Å². The van der Waals surface area contributed by atoms with Crippen LogP contribution in [0.15, 0.2) is 52.0 Å². The molecule has 0 saturated carbocycles. The minimum absolute atomic E-state index is 0.819. The first kappa shape index (κ1) is 12.7. The van der Waals surface area contributed by atoms with Crippen LogP contribution in [0, 0.1) is 0 Å². The Morgan fingerprint density at radius 1 is 1.11 bits per heavy atom. The number of aliphatic imine (C=N–C) groups is 2. The van der Waals surface area contributed by atoms with E-state index in [1.807, 2.05) is 30.3 Å². The first-order chi connectivity index (χ1) is 8.81. The third-order valence-electron chi connectivity index (χ3n) is 3.27. The van der Waals surface area contributed by atoms with Crippen LogP contribution in [-0.2, 0) is 0 Å². The first-order valence-electron chi connectivity index (χ1n) is 6.58. The van der Waals surface area contributed by atoms with Crippen LogP contribution in [0.1, 0.15) is 38.2 Å². The number of benzene rings is 1. The highest BCUT2D eigenvalue weighted by Gasteiger charge is 2.08. The molecule has 0 N–H and O–H groups in total. The lowest BCUT2D eigenvalue weighted by atomic mass is 9.96. The topological polar surface area (TPSA) is 24.7 Å². The van der Waals surface area contributed by atoms with E-state index in [0.29, 0.717) is 0 Å². The summed E-state index contributed by atoms with van der Waals surface area (Å²) in [5, 5.41) is 0. The Kier molecular flexibility index (Phi) is 4.46. The highest BCUT2D eigenvalue weighted by atomic mass is 14.9. The molecule has 1 aromatic rings. The van der Waals surface area contributed by atoms with E-state index in [-0.39, 0.29) is 0 Å². The van der Waals surface area contributed by atoms with Gasteiger partial charge in [0, 0.05) is 18.3 Å². The van der Waals surface area contributed by atoms with Crippen molar-refractivity contribution in [3.63, 3.8) is 0 Å². The Morgan fingerprint density at radius 3 is 2.50 bits per heavy atom. The summed E-state index contributed by atoms with van der Waals surface area (Å²) in [4.78, 5) is 8.98. The van der Waals surface area contributed by atoms with Gasteiger partial charge in [-0.05, 0) is 38.2 Å². The largest absolute Gasteiger partial charge is 0.270 e. The fourth-order valence-corrected chi connectivity index (χ4v) is 2.23. The molecule has 0 saturated heterocycles.